The van der Waals surface area contributed by atoms with Gasteiger partial charge in [0, 0.05) is 12.1 Å². The van der Waals surface area contributed by atoms with Gasteiger partial charge >= 0.3 is 0 Å². The molecule has 0 aromatic rings. The molecule has 0 radical (unpaired) electrons. The molecule has 3 nitrogen and oxygen atoms in total. The largest absolute Gasteiger partial charge is 0.338 e. The van der Waals surface area contributed by atoms with E-state index in [-0.39, 0.29) is 12.3 Å². The summed E-state index contributed by atoms with van der Waals surface area (Å²) >= 11 is 0. The second-order valence-electron chi connectivity index (χ2n) is 3.76. The number of unbranched alkanes of at least 4 members (excludes halogenated alkanes) is 3. The zero-order chi connectivity index (χ0) is 10.4. The Morgan fingerprint density at radius 1 is 1.36 bits per heavy atom. The van der Waals surface area contributed by atoms with Crippen LogP contribution >= 0.6 is 0 Å². The predicted molar refractivity (Wildman–Crippen MR) is 54.5 cm³/mol. The molecular weight excluding hydrogens is 178 g/mol. The molecule has 0 bridgehead atoms. The first-order valence-corrected chi connectivity index (χ1v) is 5.28. The first-order chi connectivity index (χ1) is 6.77. The number of nitrogens with zero attached hydrogens (tertiary/aromatic N) is 1. The highest BCUT2D eigenvalue weighted by atomic mass is 16.2. The third-order valence-corrected chi connectivity index (χ3v) is 2.52. The van der Waals surface area contributed by atoms with Crippen LogP contribution in [-0.2, 0) is 9.59 Å². The van der Waals surface area contributed by atoms with Gasteiger partial charge in [0.15, 0.2) is 0 Å². The van der Waals surface area contributed by atoms with Crippen molar-refractivity contribution in [1.82, 2.24) is 4.90 Å². The molecule has 0 N–H and O–H groups in total. The minimum Gasteiger partial charge on any atom is -0.338 e. The summed E-state index contributed by atoms with van der Waals surface area (Å²) in [7, 11) is 0. The minimum atomic E-state index is 0.0832. The van der Waals surface area contributed by atoms with Gasteiger partial charge in [-0.05, 0) is 6.42 Å². The van der Waals surface area contributed by atoms with E-state index in [1.54, 1.807) is 4.90 Å². The molecule has 1 aliphatic rings. The van der Waals surface area contributed by atoms with E-state index in [0.717, 1.165) is 13.0 Å². The summed E-state index contributed by atoms with van der Waals surface area (Å²) < 4.78 is 0. The summed E-state index contributed by atoms with van der Waals surface area (Å²) in [5, 5.41) is 0. The van der Waals surface area contributed by atoms with Crippen molar-refractivity contribution in [2.45, 2.75) is 39.0 Å². The summed E-state index contributed by atoms with van der Waals surface area (Å²) in [5.74, 6) is 1.91. The number of carbonyl (C=O) groups excluding carboxylic acids is 2. The van der Waals surface area contributed by atoms with Gasteiger partial charge in [-0.2, -0.15) is 0 Å². The van der Waals surface area contributed by atoms with E-state index in [2.05, 4.69) is 6.92 Å². The van der Waals surface area contributed by atoms with Gasteiger partial charge in [0.1, 0.15) is 5.94 Å². The predicted octanol–water partition coefficient (Wildman–Crippen LogP) is 1.56. The molecule has 0 atom stereocenters. The summed E-state index contributed by atoms with van der Waals surface area (Å²) in [6, 6.07) is 0. The number of carbonyl (C=O) groups is 1. The van der Waals surface area contributed by atoms with Crippen molar-refractivity contribution in [1.29, 1.82) is 0 Å². The monoisotopic (exact) mass is 195 g/mol. The maximum Gasteiger partial charge on any atom is 0.227 e. The smallest absolute Gasteiger partial charge is 0.227 e. The summed E-state index contributed by atoms with van der Waals surface area (Å²) in [6.07, 6.45) is 4.93. The van der Waals surface area contributed by atoms with Gasteiger partial charge in [0.05, 0.1) is 13.0 Å². The Bertz CT molecular complexity index is 254. The molecule has 1 rings (SSSR count). The molecule has 1 saturated heterocycles. The van der Waals surface area contributed by atoms with Crippen LogP contribution in [0.4, 0.5) is 0 Å². The highest BCUT2D eigenvalue weighted by molar-refractivity contribution is 5.85. The van der Waals surface area contributed by atoms with Crippen LogP contribution in [0.5, 0.6) is 0 Å². The lowest BCUT2D eigenvalue weighted by Crippen LogP contribution is -2.25. The zero-order valence-corrected chi connectivity index (χ0v) is 8.71. The lowest BCUT2D eigenvalue weighted by molar-refractivity contribution is -0.127. The van der Waals surface area contributed by atoms with Crippen LogP contribution in [-0.4, -0.2) is 29.8 Å². The van der Waals surface area contributed by atoms with Crippen molar-refractivity contribution in [2.24, 2.45) is 0 Å². The molecule has 0 unspecified atom stereocenters. The summed E-state index contributed by atoms with van der Waals surface area (Å²) in [4.78, 5) is 23.4. The molecule has 1 amide bonds. The average molecular weight is 195 g/mol. The van der Waals surface area contributed by atoms with E-state index in [9.17, 15) is 9.59 Å². The molecular formula is C11H17NO2. The summed E-state index contributed by atoms with van der Waals surface area (Å²) in [6.45, 7) is 3.46. The minimum absolute atomic E-state index is 0.0832. The number of amides is 1. The van der Waals surface area contributed by atoms with Gasteiger partial charge in [-0.1, -0.05) is 26.2 Å². The Morgan fingerprint density at radius 3 is 2.71 bits per heavy atom. The first-order valence-electron chi connectivity index (χ1n) is 5.28. The SMILES string of the molecule is CCCCCCN1CC(=C=O)CC1=O. The first kappa shape index (κ1) is 11.0. The van der Waals surface area contributed by atoms with Crippen LogP contribution in [0.3, 0.4) is 0 Å². The molecule has 78 valence electrons. The van der Waals surface area contributed by atoms with Gasteiger partial charge in [0.25, 0.3) is 0 Å². The van der Waals surface area contributed by atoms with Crippen molar-refractivity contribution < 1.29 is 9.59 Å². The van der Waals surface area contributed by atoms with Crippen LogP contribution < -0.4 is 0 Å². The fourth-order valence-corrected chi connectivity index (χ4v) is 1.67. The third kappa shape index (κ3) is 3.00. The normalized spacial score (nSPS) is 16.2. The highest BCUT2D eigenvalue weighted by Crippen LogP contribution is 2.14. The van der Waals surface area contributed by atoms with E-state index < -0.39 is 0 Å². The van der Waals surface area contributed by atoms with Crippen molar-refractivity contribution in [3.8, 4) is 0 Å². The van der Waals surface area contributed by atoms with Crippen LogP contribution in [0.1, 0.15) is 39.0 Å². The van der Waals surface area contributed by atoms with Gasteiger partial charge in [0.2, 0.25) is 5.91 Å². The van der Waals surface area contributed by atoms with Crippen molar-refractivity contribution in [3.05, 3.63) is 5.57 Å². The van der Waals surface area contributed by atoms with Crippen molar-refractivity contribution >= 4 is 11.8 Å². The molecule has 1 fully saturated rings. The Labute approximate surface area is 84.8 Å². The van der Waals surface area contributed by atoms with E-state index in [0.29, 0.717) is 12.1 Å². The van der Waals surface area contributed by atoms with Gasteiger partial charge in [-0.15, -0.1) is 0 Å². The number of hydrogen-bond acceptors (Lipinski definition) is 2. The molecule has 1 aliphatic heterocycles. The second kappa shape index (κ2) is 5.61. The third-order valence-electron chi connectivity index (χ3n) is 2.52. The average Bonchev–Trinajstić information content (AvgIpc) is 2.54. The molecule has 0 aromatic heterocycles. The van der Waals surface area contributed by atoms with E-state index >= 15 is 0 Å². The number of hydrogen-bond donors (Lipinski definition) is 0. The van der Waals surface area contributed by atoms with Crippen LogP contribution in [0.25, 0.3) is 0 Å². The molecule has 0 aromatic carbocycles. The maximum absolute atomic E-state index is 11.3. The zero-order valence-electron chi connectivity index (χ0n) is 8.71. The van der Waals surface area contributed by atoms with E-state index in [1.807, 2.05) is 5.94 Å². The topological polar surface area (TPSA) is 37.4 Å². The Morgan fingerprint density at radius 2 is 2.14 bits per heavy atom. The number of likely N-dealkylation sites (tertiary alicyclic amines) is 1. The maximum atomic E-state index is 11.3. The molecule has 0 aliphatic carbocycles. The Kier molecular flexibility index (Phi) is 4.41. The molecule has 14 heavy (non-hydrogen) atoms. The van der Waals surface area contributed by atoms with Crippen LogP contribution in [0.2, 0.25) is 0 Å². The van der Waals surface area contributed by atoms with Crippen LogP contribution in [0.15, 0.2) is 5.57 Å². The Hall–Kier alpha value is -1.08. The highest BCUT2D eigenvalue weighted by Gasteiger charge is 2.24. The molecule has 0 spiro atoms. The van der Waals surface area contributed by atoms with Gasteiger partial charge in [-0.3, -0.25) is 4.79 Å². The quantitative estimate of drug-likeness (QED) is 0.493. The van der Waals surface area contributed by atoms with Gasteiger partial charge in [-0.25, -0.2) is 4.79 Å². The Balaban J connectivity index is 2.25. The van der Waals surface area contributed by atoms with E-state index in [1.165, 1.54) is 19.3 Å². The van der Waals surface area contributed by atoms with Crippen LogP contribution in [0, 0.1) is 0 Å². The molecule has 0 saturated carbocycles. The fraction of sp³-hybridized carbons (Fsp3) is 0.727. The lowest BCUT2D eigenvalue weighted by Gasteiger charge is -2.14. The molecule has 3 heteroatoms. The fourth-order valence-electron chi connectivity index (χ4n) is 1.67. The van der Waals surface area contributed by atoms with E-state index in [4.69, 9.17) is 0 Å². The second-order valence-corrected chi connectivity index (χ2v) is 3.76. The van der Waals surface area contributed by atoms with Crippen molar-refractivity contribution in [2.75, 3.05) is 13.1 Å². The summed E-state index contributed by atoms with van der Waals surface area (Å²) in [5.41, 5.74) is 0.602. The van der Waals surface area contributed by atoms with Gasteiger partial charge < -0.3 is 4.90 Å². The standard InChI is InChI=1S/C11H17NO2/c1-2-3-4-5-6-12-8-10(9-13)7-11(12)14/h2-8H2,1H3. The lowest BCUT2D eigenvalue weighted by atomic mass is 10.2. The van der Waals surface area contributed by atoms with Crippen molar-refractivity contribution in [3.63, 3.8) is 0 Å². The number of rotatable bonds is 5. The molecule has 1 heterocycles.